The van der Waals surface area contributed by atoms with E-state index in [2.05, 4.69) is 59.9 Å². The summed E-state index contributed by atoms with van der Waals surface area (Å²) >= 11 is 0. The number of aliphatic hydroxyl groups is 1. The molecule has 37 heavy (non-hydrogen) atoms. The predicted molar refractivity (Wildman–Crippen MR) is 146 cm³/mol. The van der Waals surface area contributed by atoms with Gasteiger partial charge in [-0.05, 0) is 108 Å². The number of aliphatic hydroxyl groups excluding tert-OH is 1. The largest absolute Gasteiger partial charge is 0.480 e. The van der Waals surface area contributed by atoms with Crippen molar-refractivity contribution in [2.45, 2.75) is 112 Å². The van der Waals surface area contributed by atoms with Crippen LogP contribution >= 0.6 is 0 Å². The summed E-state index contributed by atoms with van der Waals surface area (Å²) in [6.45, 7) is 17.2. The highest BCUT2D eigenvalue weighted by Crippen LogP contribution is 2.75. The Morgan fingerprint density at radius 3 is 2.32 bits per heavy atom. The highest BCUT2D eigenvalue weighted by atomic mass is 16.4. The van der Waals surface area contributed by atoms with E-state index in [0.717, 1.165) is 51.4 Å². The molecule has 5 aliphatic rings. The molecule has 0 amide bonds. The van der Waals surface area contributed by atoms with Gasteiger partial charge in [-0.25, -0.2) is 0 Å². The van der Waals surface area contributed by atoms with Crippen molar-refractivity contribution in [3.05, 3.63) is 11.6 Å². The Kier molecular flexibility index (Phi) is 6.21. The lowest BCUT2D eigenvalue weighted by molar-refractivity contribution is -0.202. The maximum atomic E-state index is 14.4. The van der Waals surface area contributed by atoms with Crippen molar-refractivity contribution in [3.8, 4) is 0 Å². The zero-order valence-corrected chi connectivity index (χ0v) is 24.4. The lowest BCUT2D eigenvalue weighted by Crippen LogP contribution is -2.66. The summed E-state index contributed by atoms with van der Waals surface area (Å²) < 4.78 is 0. The molecule has 208 valence electrons. The second-order valence-electron chi connectivity index (χ2n) is 15.9. The molecule has 0 heterocycles. The summed E-state index contributed by atoms with van der Waals surface area (Å²) in [5.74, 6) is 0.271. The first-order chi connectivity index (χ1) is 17.0. The second-order valence-corrected chi connectivity index (χ2v) is 15.9. The fourth-order valence-corrected chi connectivity index (χ4v) is 10.9. The topological polar surface area (TPSA) is 86.6 Å². The number of hydrogen-bond donors (Lipinski definition) is 3. The lowest BCUT2D eigenvalue weighted by atomic mass is 9.33. The molecule has 0 saturated heterocycles. The van der Waals surface area contributed by atoms with Gasteiger partial charge in [-0.1, -0.05) is 54.0 Å². The van der Waals surface area contributed by atoms with E-state index in [-0.39, 0.29) is 51.1 Å². The summed E-state index contributed by atoms with van der Waals surface area (Å²) in [6.07, 6.45) is 11.3. The third-order valence-electron chi connectivity index (χ3n) is 13.5. The minimum Gasteiger partial charge on any atom is -0.480 e. The van der Waals surface area contributed by atoms with Gasteiger partial charge in [0.05, 0.1) is 12.6 Å². The van der Waals surface area contributed by atoms with Crippen molar-refractivity contribution in [2.75, 3.05) is 13.1 Å². The van der Waals surface area contributed by atoms with Crippen LogP contribution in [0.1, 0.15) is 106 Å². The number of carboxylic acid groups (broad SMARTS) is 1. The third-order valence-corrected chi connectivity index (χ3v) is 13.5. The van der Waals surface area contributed by atoms with Crippen molar-refractivity contribution < 1.29 is 19.8 Å². The minimum atomic E-state index is -0.809. The smallest absolute Gasteiger partial charge is 0.317 e. The van der Waals surface area contributed by atoms with Gasteiger partial charge in [0.2, 0.25) is 0 Å². The maximum Gasteiger partial charge on any atom is 0.317 e. The van der Waals surface area contributed by atoms with Gasteiger partial charge in [0.15, 0.2) is 5.78 Å². The first-order valence-electron chi connectivity index (χ1n) is 14.9. The molecule has 0 bridgehead atoms. The molecular formula is C32H51NO4. The SMILES string of the molecule is CC1(C)C2CC[C@]3(C)C(C(=O)C=C4[C@H]5C[C@@](C)(CNCC(=O)O)CC[C@]5(C)CC[C@]43C)[C@@]2(C)CC[C@@H]1O. The fraction of sp³-hybridized carbons (Fsp3) is 0.875. The molecule has 4 saturated carbocycles. The fourth-order valence-electron chi connectivity index (χ4n) is 10.9. The van der Waals surface area contributed by atoms with Gasteiger partial charge in [0.1, 0.15) is 0 Å². The van der Waals surface area contributed by atoms with Crippen LogP contribution in [-0.2, 0) is 9.59 Å². The highest BCUT2D eigenvalue weighted by Gasteiger charge is 2.70. The number of allylic oxidation sites excluding steroid dienone is 2. The molecule has 0 spiro atoms. The summed E-state index contributed by atoms with van der Waals surface area (Å²) in [6, 6.07) is 0. The van der Waals surface area contributed by atoms with Crippen molar-refractivity contribution >= 4 is 11.8 Å². The van der Waals surface area contributed by atoms with Gasteiger partial charge in [0, 0.05) is 12.5 Å². The normalized spacial score (nSPS) is 50.7. The van der Waals surface area contributed by atoms with Crippen molar-refractivity contribution in [1.82, 2.24) is 5.32 Å². The summed E-state index contributed by atoms with van der Waals surface area (Å²) in [4.78, 5) is 25.5. The summed E-state index contributed by atoms with van der Waals surface area (Å²) in [5.41, 5.74) is 1.32. The van der Waals surface area contributed by atoms with Crippen LogP contribution in [0.5, 0.6) is 0 Å². The number of rotatable bonds is 4. The molecule has 0 aromatic heterocycles. The van der Waals surface area contributed by atoms with E-state index in [1.54, 1.807) is 0 Å². The molecule has 3 N–H and O–H groups in total. The number of ketones is 1. The van der Waals surface area contributed by atoms with Crippen molar-refractivity contribution in [3.63, 3.8) is 0 Å². The van der Waals surface area contributed by atoms with Gasteiger partial charge in [-0.2, -0.15) is 0 Å². The Morgan fingerprint density at radius 2 is 1.65 bits per heavy atom. The number of aliphatic carboxylic acids is 1. The molecule has 5 nitrogen and oxygen atoms in total. The van der Waals surface area contributed by atoms with Crippen LogP contribution < -0.4 is 5.32 Å². The van der Waals surface area contributed by atoms with Gasteiger partial charge in [0.25, 0.3) is 0 Å². The molecule has 4 fully saturated rings. The van der Waals surface area contributed by atoms with Crippen LogP contribution in [0, 0.1) is 50.2 Å². The van der Waals surface area contributed by atoms with E-state index >= 15 is 0 Å². The molecule has 0 aliphatic heterocycles. The molecule has 2 unspecified atom stereocenters. The van der Waals surface area contributed by atoms with Gasteiger partial charge >= 0.3 is 5.97 Å². The highest BCUT2D eigenvalue weighted by molar-refractivity contribution is 5.95. The third kappa shape index (κ3) is 3.76. The van der Waals surface area contributed by atoms with E-state index < -0.39 is 5.97 Å². The average molecular weight is 514 g/mol. The number of carbonyl (C=O) groups excluding carboxylic acids is 1. The van der Waals surface area contributed by atoms with Crippen LogP contribution in [0.25, 0.3) is 0 Å². The Hall–Kier alpha value is -1.20. The Labute approximate surface area is 224 Å². The van der Waals surface area contributed by atoms with Crippen LogP contribution in [0.3, 0.4) is 0 Å². The van der Waals surface area contributed by atoms with Crippen LogP contribution in [-0.4, -0.2) is 41.2 Å². The predicted octanol–water partition coefficient (Wildman–Crippen LogP) is 6.00. The number of hydrogen-bond acceptors (Lipinski definition) is 4. The van der Waals surface area contributed by atoms with Crippen LogP contribution in [0.2, 0.25) is 0 Å². The first-order valence-corrected chi connectivity index (χ1v) is 14.9. The van der Waals surface area contributed by atoms with Crippen molar-refractivity contribution in [2.24, 2.45) is 50.2 Å². The van der Waals surface area contributed by atoms with Gasteiger partial charge in [-0.3, -0.25) is 9.59 Å². The van der Waals surface area contributed by atoms with Crippen LogP contribution in [0.15, 0.2) is 11.6 Å². The van der Waals surface area contributed by atoms with Crippen LogP contribution in [0.4, 0.5) is 0 Å². The zero-order valence-electron chi connectivity index (χ0n) is 24.4. The zero-order chi connectivity index (χ0) is 27.2. The average Bonchev–Trinajstić information content (AvgIpc) is 2.79. The molecule has 0 radical (unpaired) electrons. The Bertz CT molecular complexity index is 1020. The maximum absolute atomic E-state index is 14.4. The molecular weight excluding hydrogens is 462 g/mol. The summed E-state index contributed by atoms with van der Waals surface area (Å²) in [5, 5.41) is 23.2. The molecule has 0 aromatic carbocycles. The lowest BCUT2D eigenvalue weighted by Gasteiger charge is -2.70. The summed E-state index contributed by atoms with van der Waals surface area (Å²) in [7, 11) is 0. The number of fused-ring (bicyclic) bond motifs is 7. The molecule has 5 heteroatoms. The first kappa shape index (κ1) is 27.4. The quantitative estimate of drug-likeness (QED) is 0.429. The molecule has 0 aromatic rings. The molecule has 5 aliphatic carbocycles. The molecule has 9 atom stereocenters. The number of carbonyl (C=O) groups is 2. The Balaban J connectivity index is 1.53. The minimum absolute atomic E-state index is 0.000960. The van der Waals surface area contributed by atoms with Gasteiger partial charge in [-0.15, -0.1) is 0 Å². The van der Waals surface area contributed by atoms with E-state index in [4.69, 9.17) is 5.11 Å². The standard InChI is InChI=1S/C32H51NO4/c1-27(2)23-8-11-32(7)26(30(23,5)10-9-24(27)35)22(34)16-20-21-17-28(3,19-33-18-25(36)37)12-13-29(21,4)14-15-31(20,32)6/h16,21,23-24,26,33,35H,8-15,17-19H2,1-7H3,(H,36,37)/t21-,23?,24+,26?,28+,29-,30+,31-,32-/m1/s1. The van der Waals surface area contributed by atoms with Crippen molar-refractivity contribution in [1.29, 1.82) is 0 Å². The van der Waals surface area contributed by atoms with E-state index in [1.165, 1.54) is 12.0 Å². The molecule has 5 rings (SSSR count). The number of carboxylic acids is 1. The van der Waals surface area contributed by atoms with Gasteiger partial charge < -0.3 is 15.5 Å². The van der Waals surface area contributed by atoms with E-state index in [1.807, 2.05) is 0 Å². The number of nitrogens with one attached hydrogen (secondary N) is 1. The van der Waals surface area contributed by atoms with E-state index in [0.29, 0.717) is 24.2 Å². The second kappa shape index (κ2) is 8.40. The monoisotopic (exact) mass is 513 g/mol. The van der Waals surface area contributed by atoms with E-state index in [9.17, 15) is 14.7 Å². The Morgan fingerprint density at radius 1 is 0.973 bits per heavy atom.